The number of imide groups is 1. The van der Waals surface area contributed by atoms with Gasteiger partial charge >= 0.3 is 6.03 Å². The van der Waals surface area contributed by atoms with Crippen LogP contribution in [0.2, 0.25) is 0 Å². The van der Waals surface area contributed by atoms with Gasteiger partial charge in [0.1, 0.15) is 0 Å². The van der Waals surface area contributed by atoms with E-state index in [1.165, 1.54) is 10.4 Å². The molecule has 0 saturated heterocycles. The lowest BCUT2D eigenvalue weighted by Crippen LogP contribution is -2.41. The summed E-state index contributed by atoms with van der Waals surface area (Å²) < 4.78 is 0. The van der Waals surface area contributed by atoms with E-state index in [0.717, 1.165) is 25.1 Å². The summed E-state index contributed by atoms with van der Waals surface area (Å²) in [7, 11) is 0. The van der Waals surface area contributed by atoms with Gasteiger partial charge in [0.25, 0.3) is 0 Å². The first-order chi connectivity index (χ1) is 11.7. The Bertz CT molecular complexity index is 699. The molecule has 1 aromatic carbocycles. The van der Waals surface area contributed by atoms with Crippen molar-refractivity contribution >= 4 is 23.3 Å². The number of fused-ring (bicyclic) bond motifs is 1. The highest BCUT2D eigenvalue weighted by Crippen LogP contribution is 2.23. The summed E-state index contributed by atoms with van der Waals surface area (Å²) in [5.41, 5.74) is 2.37. The smallest absolute Gasteiger partial charge is 0.321 e. The predicted octanol–water partition coefficient (Wildman–Crippen LogP) is 2.52. The number of amides is 3. The maximum absolute atomic E-state index is 11.9. The number of urea groups is 1. The second kappa shape index (κ2) is 8.08. The Hall–Kier alpha value is -2.18. The van der Waals surface area contributed by atoms with Crippen LogP contribution >= 0.6 is 11.3 Å². The average Bonchev–Trinajstić information content (AvgIpc) is 3.07. The number of nitrogens with one attached hydrogen (secondary N) is 2. The SMILES string of the molecule is O=C(CCN1CCc2sccc2C1)NC(=O)NCc1ccccc1. The van der Waals surface area contributed by atoms with Crippen molar-refractivity contribution in [3.05, 3.63) is 57.8 Å². The highest BCUT2D eigenvalue weighted by atomic mass is 32.1. The lowest BCUT2D eigenvalue weighted by Gasteiger charge is -2.26. The molecule has 2 aromatic rings. The van der Waals surface area contributed by atoms with Crippen LogP contribution in [-0.4, -0.2) is 29.9 Å². The summed E-state index contributed by atoms with van der Waals surface area (Å²) >= 11 is 1.80. The molecule has 2 N–H and O–H groups in total. The van der Waals surface area contributed by atoms with Crippen molar-refractivity contribution in [3.8, 4) is 0 Å². The Balaban J connectivity index is 1.36. The molecule has 0 bridgehead atoms. The Labute approximate surface area is 145 Å². The van der Waals surface area contributed by atoms with Crippen molar-refractivity contribution in [2.75, 3.05) is 13.1 Å². The van der Waals surface area contributed by atoms with Gasteiger partial charge in [-0.05, 0) is 29.0 Å². The first-order valence-electron chi connectivity index (χ1n) is 8.10. The molecule has 1 aromatic heterocycles. The summed E-state index contributed by atoms with van der Waals surface area (Å²) in [5, 5.41) is 7.21. The first kappa shape index (κ1) is 16.7. The molecule has 126 valence electrons. The molecule has 0 spiro atoms. The van der Waals surface area contributed by atoms with E-state index in [1.54, 1.807) is 11.3 Å². The fourth-order valence-corrected chi connectivity index (χ4v) is 3.66. The molecule has 1 aliphatic heterocycles. The van der Waals surface area contributed by atoms with Crippen LogP contribution < -0.4 is 10.6 Å². The third-order valence-corrected chi connectivity index (χ3v) is 5.11. The minimum atomic E-state index is -0.442. The van der Waals surface area contributed by atoms with Crippen molar-refractivity contribution in [2.45, 2.75) is 25.9 Å². The van der Waals surface area contributed by atoms with Crippen molar-refractivity contribution in [1.29, 1.82) is 0 Å². The third kappa shape index (κ3) is 4.66. The Kier molecular flexibility index (Phi) is 5.61. The maximum Gasteiger partial charge on any atom is 0.321 e. The minimum absolute atomic E-state index is 0.239. The van der Waals surface area contributed by atoms with Gasteiger partial charge in [-0.2, -0.15) is 0 Å². The van der Waals surface area contributed by atoms with E-state index in [0.29, 0.717) is 19.5 Å². The topological polar surface area (TPSA) is 61.4 Å². The van der Waals surface area contributed by atoms with Crippen LogP contribution in [0.15, 0.2) is 41.8 Å². The molecule has 0 radical (unpaired) electrons. The molecular weight excluding hydrogens is 322 g/mol. The van der Waals surface area contributed by atoms with Gasteiger partial charge in [-0.15, -0.1) is 11.3 Å². The predicted molar refractivity (Wildman–Crippen MR) is 94.7 cm³/mol. The lowest BCUT2D eigenvalue weighted by atomic mass is 10.1. The van der Waals surface area contributed by atoms with Gasteiger partial charge in [0, 0.05) is 37.5 Å². The Morgan fingerprint density at radius 3 is 2.83 bits per heavy atom. The Morgan fingerprint density at radius 1 is 1.17 bits per heavy atom. The van der Waals surface area contributed by atoms with Crippen LogP contribution in [-0.2, 0) is 24.3 Å². The van der Waals surface area contributed by atoms with Crippen LogP contribution in [0.1, 0.15) is 22.4 Å². The van der Waals surface area contributed by atoms with E-state index in [-0.39, 0.29) is 5.91 Å². The van der Waals surface area contributed by atoms with E-state index in [1.807, 2.05) is 30.3 Å². The summed E-state index contributed by atoms with van der Waals surface area (Å²) in [5.74, 6) is -0.239. The molecule has 0 saturated carbocycles. The molecule has 3 amide bonds. The molecule has 2 heterocycles. The molecule has 5 nitrogen and oxygen atoms in total. The van der Waals surface area contributed by atoms with Crippen LogP contribution in [0.3, 0.4) is 0 Å². The number of thiophene rings is 1. The molecule has 0 unspecified atom stereocenters. The number of hydrogen-bond donors (Lipinski definition) is 2. The number of carbonyl (C=O) groups is 2. The molecule has 3 rings (SSSR count). The van der Waals surface area contributed by atoms with Crippen LogP contribution in [0.25, 0.3) is 0 Å². The van der Waals surface area contributed by atoms with E-state index in [4.69, 9.17) is 0 Å². The van der Waals surface area contributed by atoms with Crippen LogP contribution in [0.4, 0.5) is 4.79 Å². The Morgan fingerprint density at radius 2 is 2.00 bits per heavy atom. The van der Waals surface area contributed by atoms with Crippen molar-refractivity contribution in [1.82, 2.24) is 15.5 Å². The summed E-state index contributed by atoms with van der Waals surface area (Å²) in [6, 6.07) is 11.3. The van der Waals surface area contributed by atoms with Crippen LogP contribution in [0.5, 0.6) is 0 Å². The second-order valence-electron chi connectivity index (χ2n) is 5.86. The third-order valence-electron chi connectivity index (χ3n) is 4.09. The first-order valence-corrected chi connectivity index (χ1v) is 8.98. The van der Waals surface area contributed by atoms with Crippen molar-refractivity contribution < 1.29 is 9.59 Å². The molecule has 0 aliphatic carbocycles. The van der Waals surface area contributed by atoms with Gasteiger partial charge in [0.15, 0.2) is 0 Å². The number of hydrogen-bond acceptors (Lipinski definition) is 4. The molecule has 0 atom stereocenters. The fourth-order valence-electron chi connectivity index (χ4n) is 2.77. The number of nitrogens with zero attached hydrogens (tertiary/aromatic N) is 1. The largest absolute Gasteiger partial charge is 0.334 e. The van der Waals surface area contributed by atoms with Gasteiger partial charge < -0.3 is 5.32 Å². The summed E-state index contributed by atoms with van der Waals surface area (Å²) in [4.78, 5) is 27.4. The molecule has 24 heavy (non-hydrogen) atoms. The number of carbonyl (C=O) groups excluding carboxylic acids is 2. The van der Waals surface area contributed by atoms with Gasteiger partial charge in [-0.25, -0.2) is 4.79 Å². The van der Waals surface area contributed by atoms with Gasteiger partial charge in [-0.3, -0.25) is 15.0 Å². The normalized spacial score (nSPS) is 14.0. The van der Waals surface area contributed by atoms with E-state index in [2.05, 4.69) is 27.0 Å². The van der Waals surface area contributed by atoms with Crippen LogP contribution in [0, 0.1) is 0 Å². The van der Waals surface area contributed by atoms with Gasteiger partial charge in [-0.1, -0.05) is 30.3 Å². The number of benzene rings is 1. The lowest BCUT2D eigenvalue weighted by molar-refractivity contribution is -0.120. The minimum Gasteiger partial charge on any atom is -0.334 e. The standard InChI is InChI=1S/C18H21N3O2S/c22-17(20-18(23)19-12-14-4-2-1-3-5-14)7-10-21-9-6-16-15(13-21)8-11-24-16/h1-5,8,11H,6-7,9-10,12-13H2,(H2,19,20,22,23). The highest BCUT2D eigenvalue weighted by Gasteiger charge is 2.18. The van der Waals surface area contributed by atoms with E-state index in [9.17, 15) is 9.59 Å². The zero-order chi connectivity index (χ0) is 16.8. The molecule has 6 heteroatoms. The molecule has 1 aliphatic rings. The van der Waals surface area contributed by atoms with Gasteiger partial charge in [0.05, 0.1) is 0 Å². The zero-order valence-corrected chi connectivity index (χ0v) is 14.3. The highest BCUT2D eigenvalue weighted by molar-refractivity contribution is 7.10. The van der Waals surface area contributed by atoms with Crippen molar-refractivity contribution in [3.63, 3.8) is 0 Å². The quantitative estimate of drug-likeness (QED) is 0.877. The second-order valence-corrected chi connectivity index (χ2v) is 6.86. The summed E-state index contributed by atoms with van der Waals surface area (Å²) in [6.07, 6.45) is 1.38. The molecular formula is C18H21N3O2S. The van der Waals surface area contributed by atoms with E-state index >= 15 is 0 Å². The summed E-state index contributed by atoms with van der Waals surface area (Å²) in [6.45, 7) is 2.95. The van der Waals surface area contributed by atoms with Crippen molar-refractivity contribution in [2.24, 2.45) is 0 Å². The average molecular weight is 343 g/mol. The monoisotopic (exact) mass is 343 g/mol. The maximum atomic E-state index is 11.9. The molecule has 0 fully saturated rings. The number of rotatable bonds is 5. The van der Waals surface area contributed by atoms with Gasteiger partial charge in [0.2, 0.25) is 5.91 Å². The fraction of sp³-hybridized carbons (Fsp3) is 0.333. The zero-order valence-electron chi connectivity index (χ0n) is 13.5. The van der Waals surface area contributed by atoms with E-state index < -0.39 is 6.03 Å².